The third-order valence-corrected chi connectivity index (χ3v) is 3.25. The average molecular weight is 212 g/mol. The van der Waals surface area contributed by atoms with E-state index in [-0.39, 0.29) is 0 Å². The first kappa shape index (κ1) is 12.5. The number of hydrogen-bond donors (Lipinski definition) is 1. The minimum atomic E-state index is 0.359. The minimum absolute atomic E-state index is 0.359. The summed E-state index contributed by atoms with van der Waals surface area (Å²) < 4.78 is 0. The largest absolute Gasteiger partial charge is 0.343 e. The third-order valence-electron chi connectivity index (χ3n) is 3.25. The zero-order valence-corrected chi connectivity index (χ0v) is 10.1. The number of unbranched alkanes of at least 4 members (excludes halogenated alkanes) is 2. The van der Waals surface area contributed by atoms with Crippen LogP contribution in [0.1, 0.15) is 45.4 Å². The number of amides is 1. The van der Waals surface area contributed by atoms with Gasteiger partial charge < -0.3 is 10.2 Å². The van der Waals surface area contributed by atoms with Gasteiger partial charge in [0.1, 0.15) is 0 Å². The highest BCUT2D eigenvalue weighted by atomic mass is 16.2. The molecule has 0 radical (unpaired) electrons. The topological polar surface area (TPSA) is 32.3 Å². The Morgan fingerprint density at radius 1 is 1.33 bits per heavy atom. The minimum Gasteiger partial charge on any atom is -0.343 e. The summed E-state index contributed by atoms with van der Waals surface area (Å²) in [4.78, 5) is 13.8. The fourth-order valence-electron chi connectivity index (χ4n) is 2.10. The number of nitrogens with one attached hydrogen (secondary N) is 1. The van der Waals surface area contributed by atoms with Crippen molar-refractivity contribution in [3.8, 4) is 0 Å². The Hall–Kier alpha value is -0.570. The smallest absolute Gasteiger partial charge is 0.222 e. The van der Waals surface area contributed by atoms with E-state index in [2.05, 4.69) is 12.2 Å². The van der Waals surface area contributed by atoms with Crippen molar-refractivity contribution < 1.29 is 4.79 Å². The Labute approximate surface area is 93.2 Å². The molecular formula is C12H24N2O. The van der Waals surface area contributed by atoms with Crippen LogP contribution in [0.15, 0.2) is 0 Å². The molecule has 1 fully saturated rings. The van der Waals surface area contributed by atoms with Crippen LogP contribution in [-0.4, -0.2) is 37.0 Å². The zero-order chi connectivity index (χ0) is 11.1. The summed E-state index contributed by atoms with van der Waals surface area (Å²) in [7, 11) is 2.00. The van der Waals surface area contributed by atoms with Gasteiger partial charge in [0, 0.05) is 25.6 Å². The van der Waals surface area contributed by atoms with Gasteiger partial charge in [-0.15, -0.1) is 0 Å². The molecule has 0 unspecified atom stereocenters. The number of hydrogen-bond acceptors (Lipinski definition) is 2. The first-order valence-electron chi connectivity index (χ1n) is 6.23. The van der Waals surface area contributed by atoms with Gasteiger partial charge in [-0.3, -0.25) is 4.79 Å². The summed E-state index contributed by atoms with van der Waals surface area (Å²) in [6, 6.07) is 0.615. The van der Waals surface area contributed by atoms with Gasteiger partial charge in [-0.2, -0.15) is 0 Å². The SMILES string of the molecule is CCCCCC(=O)N1CCC(NC)CC1. The zero-order valence-electron chi connectivity index (χ0n) is 10.1. The molecule has 0 aliphatic carbocycles. The summed E-state index contributed by atoms with van der Waals surface area (Å²) in [5.74, 6) is 0.359. The predicted molar refractivity (Wildman–Crippen MR) is 62.8 cm³/mol. The lowest BCUT2D eigenvalue weighted by Crippen LogP contribution is -2.43. The van der Waals surface area contributed by atoms with Gasteiger partial charge in [-0.05, 0) is 26.3 Å². The van der Waals surface area contributed by atoms with Gasteiger partial charge in [0.15, 0.2) is 0 Å². The van der Waals surface area contributed by atoms with Gasteiger partial charge in [0.05, 0.1) is 0 Å². The Morgan fingerprint density at radius 2 is 2.00 bits per heavy atom. The molecule has 0 saturated carbocycles. The molecule has 0 aromatic rings. The summed E-state index contributed by atoms with van der Waals surface area (Å²) in [5.41, 5.74) is 0. The Kier molecular flexibility index (Phi) is 5.69. The maximum atomic E-state index is 11.8. The van der Waals surface area contributed by atoms with Crippen LogP contribution in [0, 0.1) is 0 Å². The van der Waals surface area contributed by atoms with Crippen molar-refractivity contribution in [3.05, 3.63) is 0 Å². The van der Waals surface area contributed by atoms with E-state index in [1.807, 2.05) is 11.9 Å². The molecule has 1 rings (SSSR count). The quantitative estimate of drug-likeness (QED) is 0.705. The lowest BCUT2D eigenvalue weighted by atomic mass is 10.0. The van der Waals surface area contributed by atoms with Crippen LogP contribution in [0.2, 0.25) is 0 Å². The van der Waals surface area contributed by atoms with Crippen LogP contribution in [0.3, 0.4) is 0 Å². The van der Waals surface area contributed by atoms with E-state index in [4.69, 9.17) is 0 Å². The van der Waals surface area contributed by atoms with Crippen molar-refractivity contribution in [1.29, 1.82) is 0 Å². The van der Waals surface area contributed by atoms with Crippen LogP contribution in [-0.2, 0) is 4.79 Å². The van der Waals surface area contributed by atoms with Crippen LogP contribution in [0.5, 0.6) is 0 Å². The predicted octanol–water partition coefficient (Wildman–Crippen LogP) is 1.78. The summed E-state index contributed by atoms with van der Waals surface area (Å²) in [6.07, 6.45) is 6.39. The second kappa shape index (κ2) is 6.83. The fraction of sp³-hybridized carbons (Fsp3) is 0.917. The summed E-state index contributed by atoms with van der Waals surface area (Å²) in [6.45, 7) is 4.05. The highest BCUT2D eigenvalue weighted by molar-refractivity contribution is 5.76. The Morgan fingerprint density at radius 3 is 2.53 bits per heavy atom. The standard InChI is InChI=1S/C12H24N2O/c1-3-4-5-6-12(15)14-9-7-11(13-2)8-10-14/h11,13H,3-10H2,1-2H3. The molecule has 0 spiro atoms. The number of likely N-dealkylation sites (tertiary alicyclic amines) is 1. The van der Waals surface area contributed by atoms with E-state index >= 15 is 0 Å². The molecule has 1 aliphatic heterocycles. The van der Waals surface area contributed by atoms with Gasteiger partial charge in [-0.1, -0.05) is 19.8 Å². The van der Waals surface area contributed by atoms with E-state index in [1.165, 1.54) is 12.8 Å². The third kappa shape index (κ3) is 4.20. The first-order chi connectivity index (χ1) is 7.27. The number of carbonyl (C=O) groups excluding carboxylic acids is 1. The number of nitrogens with zero attached hydrogens (tertiary/aromatic N) is 1. The summed E-state index contributed by atoms with van der Waals surface area (Å²) >= 11 is 0. The molecule has 1 saturated heterocycles. The van der Waals surface area contributed by atoms with Crippen LogP contribution in [0.4, 0.5) is 0 Å². The van der Waals surface area contributed by atoms with E-state index < -0.39 is 0 Å². The van der Waals surface area contributed by atoms with Gasteiger partial charge in [0.25, 0.3) is 0 Å². The normalized spacial score (nSPS) is 18.1. The molecule has 1 amide bonds. The fourth-order valence-corrected chi connectivity index (χ4v) is 2.10. The van der Waals surface area contributed by atoms with Crippen LogP contribution >= 0.6 is 0 Å². The maximum absolute atomic E-state index is 11.8. The number of carbonyl (C=O) groups is 1. The van der Waals surface area contributed by atoms with Crippen molar-refractivity contribution in [3.63, 3.8) is 0 Å². The lowest BCUT2D eigenvalue weighted by molar-refractivity contribution is -0.132. The van der Waals surface area contributed by atoms with Crippen molar-refractivity contribution in [2.45, 2.75) is 51.5 Å². The molecule has 0 aromatic heterocycles. The maximum Gasteiger partial charge on any atom is 0.222 e. The van der Waals surface area contributed by atoms with Crippen molar-refractivity contribution in [1.82, 2.24) is 10.2 Å². The van der Waals surface area contributed by atoms with Gasteiger partial charge in [-0.25, -0.2) is 0 Å². The van der Waals surface area contributed by atoms with E-state index in [0.29, 0.717) is 11.9 Å². The molecule has 88 valence electrons. The molecule has 1 heterocycles. The van der Waals surface area contributed by atoms with E-state index in [9.17, 15) is 4.79 Å². The number of piperidine rings is 1. The van der Waals surface area contributed by atoms with Crippen LogP contribution in [0.25, 0.3) is 0 Å². The van der Waals surface area contributed by atoms with Crippen molar-refractivity contribution in [2.24, 2.45) is 0 Å². The monoisotopic (exact) mass is 212 g/mol. The number of rotatable bonds is 5. The second-order valence-corrected chi connectivity index (χ2v) is 4.40. The first-order valence-corrected chi connectivity index (χ1v) is 6.23. The van der Waals surface area contributed by atoms with E-state index in [0.717, 1.165) is 38.8 Å². The molecular weight excluding hydrogens is 188 g/mol. The molecule has 3 heteroatoms. The summed E-state index contributed by atoms with van der Waals surface area (Å²) in [5, 5.41) is 3.28. The molecule has 3 nitrogen and oxygen atoms in total. The molecule has 1 N–H and O–H groups in total. The second-order valence-electron chi connectivity index (χ2n) is 4.40. The molecule has 0 bridgehead atoms. The Balaban J connectivity index is 2.18. The lowest BCUT2D eigenvalue weighted by Gasteiger charge is -2.31. The van der Waals surface area contributed by atoms with Crippen LogP contribution < -0.4 is 5.32 Å². The average Bonchev–Trinajstić information content (AvgIpc) is 2.29. The van der Waals surface area contributed by atoms with Crippen molar-refractivity contribution in [2.75, 3.05) is 20.1 Å². The highest BCUT2D eigenvalue weighted by Crippen LogP contribution is 2.12. The Bertz CT molecular complexity index is 186. The van der Waals surface area contributed by atoms with Crippen molar-refractivity contribution >= 4 is 5.91 Å². The molecule has 0 atom stereocenters. The van der Waals surface area contributed by atoms with Gasteiger partial charge in [0.2, 0.25) is 5.91 Å². The molecule has 0 aromatic carbocycles. The van der Waals surface area contributed by atoms with E-state index in [1.54, 1.807) is 0 Å². The highest BCUT2D eigenvalue weighted by Gasteiger charge is 2.20. The van der Waals surface area contributed by atoms with Gasteiger partial charge >= 0.3 is 0 Å². The molecule has 15 heavy (non-hydrogen) atoms. The molecule has 1 aliphatic rings.